The summed E-state index contributed by atoms with van der Waals surface area (Å²) >= 11 is 6.23. The molecule has 1 aliphatic rings. The Balaban J connectivity index is 1.82. The van der Waals surface area contributed by atoms with Gasteiger partial charge in [-0.05, 0) is 30.2 Å². The quantitative estimate of drug-likeness (QED) is 0.715. The molecular weight excluding hydrogens is 379 g/mol. The first kappa shape index (κ1) is 19.2. The molecule has 0 bridgehead atoms. The van der Waals surface area contributed by atoms with Crippen molar-refractivity contribution in [1.29, 1.82) is 0 Å². The summed E-state index contributed by atoms with van der Waals surface area (Å²) in [4.78, 5) is 11.8. The summed E-state index contributed by atoms with van der Waals surface area (Å²) in [6.07, 6.45) is 2.37. The first-order chi connectivity index (χ1) is 13.2. The zero-order chi connectivity index (χ0) is 20.1. The van der Waals surface area contributed by atoms with Gasteiger partial charge in [-0.2, -0.15) is 0 Å². The zero-order valence-electron chi connectivity index (χ0n) is 16.3. The molecule has 0 amide bonds. The molecule has 1 aromatic carbocycles. The van der Waals surface area contributed by atoms with E-state index in [1.54, 1.807) is 6.07 Å². The van der Waals surface area contributed by atoms with E-state index >= 15 is 0 Å². The van der Waals surface area contributed by atoms with Crippen molar-refractivity contribution in [3.05, 3.63) is 52.7 Å². The summed E-state index contributed by atoms with van der Waals surface area (Å²) in [5.74, 6) is 1.26. The van der Waals surface area contributed by atoms with Gasteiger partial charge in [-0.15, -0.1) is 0 Å². The number of fused-ring (bicyclic) bond motifs is 1. The lowest BCUT2D eigenvalue weighted by molar-refractivity contribution is 0.198. The van der Waals surface area contributed by atoms with Crippen LogP contribution in [0.5, 0.6) is 0 Å². The van der Waals surface area contributed by atoms with E-state index in [2.05, 4.69) is 25.7 Å². The Morgan fingerprint density at radius 3 is 2.68 bits per heavy atom. The van der Waals surface area contributed by atoms with E-state index in [1.807, 2.05) is 16.8 Å². The molecule has 1 atom stereocenters. The average molecular weight is 403 g/mol. The second kappa shape index (κ2) is 7.01. The largest absolute Gasteiger partial charge is 0.391 e. The van der Waals surface area contributed by atoms with Crippen molar-refractivity contribution >= 4 is 28.5 Å². The maximum absolute atomic E-state index is 13.4. The fourth-order valence-electron chi connectivity index (χ4n) is 3.52. The highest BCUT2D eigenvalue weighted by Gasteiger charge is 2.27. The summed E-state index contributed by atoms with van der Waals surface area (Å²) < 4.78 is 15.4. The van der Waals surface area contributed by atoms with E-state index in [9.17, 15) is 9.50 Å². The Morgan fingerprint density at radius 1 is 1.25 bits per heavy atom. The highest BCUT2D eigenvalue weighted by molar-refractivity contribution is 6.31. The third-order valence-corrected chi connectivity index (χ3v) is 5.44. The van der Waals surface area contributed by atoms with Crippen molar-refractivity contribution < 1.29 is 9.50 Å². The number of aliphatic hydroxyl groups is 1. The first-order valence-corrected chi connectivity index (χ1v) is 9.84. The second-order valence-electron chi connectivity index (χ2n) is 8.43. The van der Waals surface area contributed by atoms with Gasteiger partial charge in [-0.1, -0.05) is 38.4 Å². The minimum Gasteiger partial charge on any atom is -0.391 e. The summed E-state index contributed by atoms with van der Waals surface area (Å²) in [5, 5.41) is 11.3. The number of β-amino-alcohol motifs (C(OH)–C–C–N with tert-alkyl or cyclic N) is 1. The number of aromatic nitrogens is 3. The fraction of sp³-hybridized carbons (Fsp3) is 0.429. The molecule has 5 nitrogen and oxygen atoms in total. The lowest BCUT2D eigenvalue weighted by Crippen LogP contribution is -2.25. The molecular formula is C21H24ClFN4O. The summed E-state index contributed by atoms with van der Waals surface area (Å²) in [6.45, 7) is 8.09. The van der Waals surface area contributed by atoms with Crippen LogP contribution in [0, 0.1) is 5.82 Å². The molecule has 0 saturated carbocycles. The van der Waals surface area contributed by atoms with Gasteiger partial charge in [0.15, 0.2) is 0 Å². The Bertz CT molecular complexity index is 1030. The highest BCUT2D eigenvalue weighted by atomic mass is 35.5. The molecule has 0 spiro atoms. The molecule has 1 aliphatic heterocycles. The lowest BCUT2D eigenvalue weighted by Gasteiger charge is -2.23. The van der Waals surface area contributed by atoms with Gasteiger partial charge in [0.1, 0.15) is 23.1 Å². The van der Waals surface area contributed by atoms with Crippen LogP contribution in [0.15, 0.2) is 30.5 Å². The molecule has 1 saturated heterocycles. The van der Waals surface area contributed by atoms with Crippen LogP contribution in [-0.4, -0.2) is 38.8 Å². The van der Waals surface area contributed by atoms with Crippen molar-refractivity contribution in [3.8, 4) is 0 Å². The van der Waals surface area contributed by atoms with Crippen molar-refractivity contribution in [1.82, 2.24) is 14.5 Å². The maximum atomic E-state index is 13.4. The summed E-state index contributed by atoms with van der Waals surface area (Å²) in [6, 6.07) is 6.45. The van der Waals surface area contributed by atoms with Gasteiger partial charge >= 0.3 is 0 Å². The summed E-state index contributed by atoms with van der Waals surface area (Å²) in [5.41, 5.74) is 1.43. The Kier molecular flexibility index (Phi) is 4.79. The maximum Gasteiger partial charge on any atom is 0.146 e. The van der Waals surface area contributed by atoms with E-state index in [1.165, 1.54) is 12.1 Å². The van der Waals surface area contributed by atoms with Crippen LogP contribution in [0.4, 0.5) is 10.2 Å². The third-order valence-electron chi connectivity index (χ3n) is 5.09. The van der Waals surface area contributed by atoms with E-state index < -0.39 is 0 Å². The van der Waals surface area contributed by atoms with Gasteiger partial charge in [-0.3, -0.25) is 0 Å². The van der Waals surface area contributed by atoms with Crippen molar-refractivity contribution in [2.45, 2.75) is 45.3 Å². The van der Waals surface area contributed by atoms with Gasteiger partial charge in [0, 0.05) is 29.7 Å². The average Bonchev–Trinajstić information content (AvgIpc) is 3.22. The number of anilines is 1. The topological polar surface area (TPSA) is 54.2 Å². The standard InChI is InChI=1S/C21H24ClFN4O/c1-21(2,3)20-24-18-16(19(25-20)27-8-6-15(28)12-27)7-9-26(18)11-13-4-5-14(23)10-17(13)22/h4-5,7,9-10,15,28H,6,8,11-12H2,1-3H3. The Morgan fingerprint density at radius 2 is 2.04 bits per heavy atom. The van der Waals surface area contributed by atoms with Crippen LogP contribution in [0.2, 0.25) is 5.02 Å². The number of aliphatic hydroxyl groups excluding tert-OH is 1. The molecule has 148 valence electrons. The van der Waals surface area contributed by atoms with Gasteiger partial charge in [0.05, 0.1) is 18.0 Å². The number of hydrogen-bond donors (Lipinski definition) is 1. The molecule has 0 aliphatic carbocycles. The molecule has 28 heavy (non-hydrogen) atoms. The minimum atomic E-state index is -0.349. The molecule has 3 heterocycles. The highest BCUT2D eigenvalue weighted by Crippen LogP contribution is 2.32. The van der Waals surface area contributed by atoms with E-state index in [0.29, 0.717) is 18.1 Å². The predicted molar refractivity (Wildman–Crippen MR) is 110 cm³/mol. The number of benzene rings is 1. The SMILES string of the molecule is CC(C)(C)c1nc(N2CCC(O)C2)c2ccn(Cc3ccc(F)cc3Cl)c2n1. The smallest absolute Gasteiger partial charge is 0.146 e. The number of rotatable bonds is 3. The minimum absolute atomic E-state index is 0.218. The van der Waals surface area contributed by atoms with Crippen LogP contribution >= 0.6 is 11.6 Å². The summed E-state index contributed by atoms with van der Waals surface area (Å²) in [7, 11) is 0. The van der Waals surface area contributed by atoms with Gasteiger partial charge in [0.25, 0.3) is 0 Å². The monoisotopic (exact) mass is 402 g/mol. The number of nitrogens with zero attached hydrogens (tertiary/aromatic N) is 4. The molecule has 1 unspecified atom stereocenters. The molecule has 1 fully saturated rings. The zero-order valence-corrected chi connectivity index (χ0v) is 17.0. The Labute approximate surface area is 168 Å². The van der Waals surface area contributed by atoms with E-state index in [0.717, 1.165) is 41.2 Å². The van der Waals surface area contributed by atoms with Gasteiger partial charge in [0.2, 0.25) is 0 Å². The third kappa shape index (κ3) is 3.59. The fourth-order valence-corrected chi connectivity index (χ4v) is 3.75. The molecule has 4 rings (SSSR count). The molecule has 2 aromatic heterocycles. The molecule has 3 aromatic rings. The number of hydrogen-bond acceptors (Lipinski definition) is 4. The van der Waals surface area contributed by atoms with Crippen LogP contribution in [0.1, 0.15) is 38.6 Å². The second-order valence-corrected chi connectivity index (χ2v) is 8.83. The van der Waals surface area contributed by atoms with Crippen LogP contribution < -0.4 is 4.90 Å². The van der Waals surface area contributed by atoms with Gasteiger partial charge < -0.3 is 14.6 Å². The lowest BCUT2D eigenvalue weighted by atomic mass is 9.95. The predicted octanol–water partition coefficient (Wildman–Crippen LogP) is 4.14. The van der Waals surface area contributed by atoms with Crippen LogP contribution in [0.25, 0.3) is 11.0 Å². The van der Waals surface area contributed by atoms with Crippen molar-refractivity contribution in [2.24, 2.45) is 0 Å². The molecule has 1 N–H and O–H groups in total. The van der Waals surface area contributed by atoms with Crippen LogP contribution in [-0.2, 0) is 12.0 Å². The first-order valence-electron chi connectivity index (χ1n) is 9.46. The normalized spacial score (nSPS) is 17.6. The molecule has 0 radical (unpaired) electrons. The van der Waals surface area contributed by atoms with E-state index in [-0.39, 0.29) is 17.3 Å². The Hall–Kier alpha value is -2.18. The molecule has 7 heteroatoms. The van der Waals surface area contributed by atoms with E-state index in [4.69, 9.17) is 21.6 Å². The van der Waals surface area contributed by atoms with Crippen molar-refractivity contribution in [3.63, 3.8) is 0 Å². The van der Waals surface area contributed by atoms with Crippen LogP contribution in [0.3, 0.4) is 0 Å². The number of halogens is 2. The van der Waals surface area contributed by atoms with Gasteiger partial charge in [-0.25, -0.2) is 14.4 Å². The van der Waals surface area contributed by atoms with Crippen molar-refractivity contribution in [2.75, 3.05) is 18.0 Å².